The topological polar surface area (TPSA) is 116 Å². The monoisotopic (exact) mass is 367 g/mol. The highest BCUT2D eigenvalue weighted by Crippen LogP contribution is 2.26. The Morgan fingerprint density at radius 2 is 1.81 bits per heavy atom. The van der Waals surface area contributed by atoms with Gasteiger partial charge < -0.3 is 16.8 Å². The summed E-state index contributed by atoms with van der Waals surface area (Å²) in [6, 6.07) is 15.1. The summed E-state index contributed by atoms with van der Waals surface area (Å²) in [5.41, 5.74) is 13.4. The van der Waals surface area contributed by atoms with Crippen molar-refractivity contribution < 1.29 is 9.59 Å². The lowest BCUT2D eigenvalue weighted by Gasteiger charge is -2.06. The zero-order valence-electron chi connectivity index (χ0n) is 14.0. The van der Waals surface area contributed by atoms with Gasteiger partial charge in [-0.15, -0.1) is 11.8 Å². The first-order chi connectivity index (χ1) is 12.5. The summed E-state index contributed by atoms with van der Waals surface area (Å²) in [7, 11) is 0. The zero-order chi connectivity index (χ0) is 18.7. The number of carbonyl (C=O) groups excluding carboxylic acids is 2. The van der Waals surface area contributed by atoms with Gasteiger partial charge in [-0.25, -0.2) is 9.48 Å². The Hall–Kier alpha value is -3.26. The van der Waals surface area contributed by atoms with Gasteiger partial charge in [0.05, 0.1) is 17.6 Å². The number of carbonyl (C=O) groups is 2. The molecule has 3 amide bonds. The molecule has 0 bridgehead atoms. The number of urea groups is 1. The molecule has 1 heterocycles. The number of benzene rings is 2. The minimum Gasteiger partial charge on any atom is -0.364 e. The number of nitrogens with two attached hydrogens (primary N) is 2. The maximum absolute atomic E-state index is 11.5. The molecule has 0 saturated carbocycles. The Balaban J connectivity index is 1.93. The summed E-state index contributed by atoms with van der Waals surface area (Å²) in [6.45, 7) is 0. The van der Waals surface area contributed by atoms with E-state index in [2.05, 4.69) is 22.5 Å². The molecule has 3 aromatic rings. The Morgan fingerprint density at radius 1 is 1.08 bits per heavy atom. The zero-order valence-corrected chi connectivity index (χ0v) is 14.8. The van der Waals surface area contributed by atoms with E-state index in [1.54, 1.807) is 11.8 Å². The molecule has 0 aliphatic rings. The van der Waals surface area contributed by atoms with Crippen LogP contribution in [0.1, 0.15) is 10.5 Å². The van der Waals surface area contributed by atoms with Crippen molar-refractivity contribution in [2.75, 3.05) is 11.6 Å². The van der Waals surface area contributed by atoms with E-state index in [1.807, 2.05) is 42.7 Å². The van der Waals surface area contributed by atoms with Gasteiger partial charge in [0.15, 0.2) is 5.69 Å². The average molecular weight is 367 g/mol. The van der Waals surface area contributed by atoms with Crippen LogP contribution in [0.3, 0.4) is 0 Å². The summed E-state index contributed by atoms with van der Waals surface area (Å²) in [6.07, 6.45) is 3.53. The quantitative estimate of drug-likeness (QED) is 0.601. The standard InChI is InChI=1S/C18H17N5O2S/c1-26-14-4-2-3-12(9-14)11-5-7-13(8-6-11)23-10-15(21-18(20)25)16(22-23)17(19)24/h2-10H,1H3,(H2,19,24)(H3,20,21,25). The van der Waals surface area contributed by atoms with Crippen molar-refractivity contribution in [1.82, 2.24) is 9.78 Å². The first-order valence-corrected chi connectivity index (χ1v) is 8.91. The van der Waals surface area contributed by atoms with Crippen molar-refractivity contribution in [3.05, 3.63) is 60.4 Å². The van der Waals surface area contributed by atoms with Crippen LogP contribution in [0.4, 0.5) is 10.5 Å². The molecule has 0 spiro atoms. The first-order valence-electron chi connectivity index (χ1n) is 7.68. The van der Waals surface area contributed by atoms with Crippen LogP contribution in [-0.4, -0.2) is 28.0 Å². The van der Waals surface area contributed by atoms with Crippen LogP contribution in [0.2, 0.25) is 0 Å². The van der Waals surface area contributed by atoms with Gasteiger partial charge in [0.25, 0.3) is 5.91 Å². The van der Waals surface area contributed by atoms with Gasteiger partial charge in [-0.3, -0.25) is 4.79 Å². The fourth-order valence-electron chi connectivity index (χ4n) is 2.52. The lowest BCUT2D eigenvalue weighted by atomic mass is 10.1. The lowest BCUT2D eigenvalue weighted by molar-refractivity contribution is 0.0996. The second kappa shape index (κ2) is 7.32. The van der Waals surface area contributed by atoms with Crippen molar-refractivity contribution in [2.45, 2.75) is 4.90 Å². The number of nitrogens with zero attached hydrogens (tertiary/aromatic N) is 2. The van der Waals surface area contributed by atoms with Crippen molar-refractivity contribution in [1.29, 1.82) is 0 Å². The van der Waals surface area contributed by atoms with Crippen LogP contribution in [-0.2, 0) is 0 Å². The summed E-state index contributed by atoms with van der Waals surface area (Å²) in [4.78, 5) is 23.8. The second-order valence-electron chi connectivity index (χ2n) is 5.47. The van der Waals surface area contributed by atoms with Crippen molar-refractivity contribution in [3.63, 3.8) is 0 Å². The molecular weight excluding hydrogens is 350 g/mol. The molecule has 0 aliphatic carbocycles. The molecule has 7 nitrogen and oxygen atoms in total. The van der Waals surface area contributed by atoms with E-state index >= 15 is 0 Å². The molecule has 5 N–H and O–H groups in total. The van der Waals surface area contributed by atoms with Crippen LogP contribution in [0.15, 0.2) is 59.6 Å². The van der Waals surface area contributed by atoms with Gasteiger partial charge in [0, 0.05) is 4.90 Å². The van der Waals surface area contributed by atoms with E-state index in [9.17, 15) is 9.59 Å². The SMILES string of the molecule is CSc1cccc(-c2ccc(-n3cc(NC(N)=O)c(C(N)=O)n3)cc2)c1. The summed E-state index contributed by atoms with van der Waals surface area (Å²) in [5, 5.41) is 6.48. The predicted molar refractivity (Wildman–Crippen MR) is 103 cm³/mol. The third-order valence-electron chi connectivity index (χ3n) is 3.74. The number of nitrogens with one attached hydrogen (secondary N) is 1. The second-order valence-corrected chi connectivity index (χ2v) is 6.35. The van der Waals surface area contributed by atoms with E-state index < -0.39 is 11.9 Å². The molecular formula is C18H17N5O2S. The van der Waals surface area contributed by atoms with Gasteiger partial charge in [0.2, 0.25) is 0 Å². The molecule has 26 heavy (non-hydrogen) atoms. The molecule has 0 radical (unpaired) electrons. The molecule has 0 aliphatic heterocycles. The maximum Gasteiger partial charge on any atom is 0.316 e. The first kappa shape index (κ1) is 17.6. The van der Waals surface area contributed by atoms with Crippen molar-refractivity contribution in [3.8, 4) is 16.8 Å². The fourth-order valence-corrected chi connectivity index (χ4v) is 2.98. The maximum atomic E-state index is 11.5. The average Bonchev–Trinajstić information content (AvgIpc) is 3.05. The van der Waals surface area contributed by atoms with E-state index in [1.165, 1.54) is 15.8 Å². The number of rotatable bonds is 5. The van der Waals surface area contributed by atoms with E-state index in [0.29, 0.717) is 0 Å². The van der Waals surface area contributed by atoms with E-state index in [-0.39, 0.29) is 11.4 Å². The van der Waals surface area contributed by atoms with Crippen molar-refractivity contribution >= 4 is 29.4 Å². The molecule has 1 aromatic heterocycles. The fraction of sp³-hybridized carbons (Fsp3) is 0.0556. The van der Waals surface area contributed by atoms with Gasteiger partial charge in [-0.05, 0) is 41.6 Å². The normalized spacial score (nSPS) is 10.5. The molecule has 0 atom stereocenters. The number of hydrogen-bond donors (Lipinski definition) is 3. The summed E-state index contributed by atoms with van der Waals surface area (Å²) in [5.74, 6) is -0.752. The molecule has 3 rings (SSSR count). The highest BCUT2D eigenvalue weighted by molar-refractivity contribution is 7.98. The Labute approximate surface area is 154 Å². The number of aromatic nitrogens is 2. The third kappa shape index (κ3) is 3.70. The molecule has 0 unspecified atom stereocenters. The molecule has 8 heteroatoms. The summed E-state index contributed by atoms with van der Waals surface area (Å²) >= 11 is 1.69. The van der Waals surface area contributed by atoms with Crippen molar-refractivity contribution in [2.24, 2.45) is 11.5 Å². The van der Waals surface area contributed by atoms with Gasteiger partial charge in [-0.2, -0.15) is 5.10 Å². The van der Waals surface area contributed by atoms with E-state index in [4.69, 9.17) is 11.5 Å². The molecule has 0 saturated heterocycles. The Kier molecular flexibility index (Phi) is 4.94. The van der Waals surface area contributed by atoms with E-state index in [0.717, 1.165) is 16.8 Å². The van der Waals surface area contributed by atoms with Crippen LogP contribution >= 0.6 is 11.8 Å². The highest BCUT2D eigenvalue weighted by Gasteiger charge is 2.16. The Bertz CT molecular complexity index is 966. The summed E-state index contributed by atoms with van der Waals surface area (Å²) < 4.78 is 1.47. The smallest absolute Gasteiger partial charge is 0.316 e. The minimum absolute atomic E-state index is 0.0550. The van der Waals surface area contributed by atoms with Crippen LogP contribution in [0, 0.1) is 0 Å². The molecule has 132 valence electrons. The Morgan fingerprint density at radius 3 is 2.42 bits per heavy atom. The van der Waals surface area contributed by atoms with Crippen LogP contribution < -0.4 is 16.8 Å². The predicted octanol–water partition coefficient (Wildman–Crippen LogP) is 2.85. The lowest BCUT2D eigenvalue weighted by Crippen LogP contribution is -2.22. The molecule has 0 fully saturated rings. The number of primary amides is 2. The third-order valence-corrected chi connectivity index (χ3v) is 4.47. The minimum atomic E-state index is -0.795. The number of hydrogen-bond acceptors (Lipinski definition) is 4. The highest BCUT2D eigenvalue weighted by atomic mass is 32.2. The molecule has 2 aromatic carbocycles. The number of amides is 3. The number of anilines is 1. The van der Waals surface area contributed by atoms with Crippen LogP contribution in [0.25, 0.3) is 16.8 Å². The number of thioether (sulfide) groups is 1. The largest absolute Gasteiger partial charge is 0.364 e. The van der Waals surface area contributed by atoms with Gasteiger partial charge in [-0.1, -0.05) is 24.3 Å². The van der Waals surface area contributed by atoms with Gasteiger partial charge in [0.1, 0.15) is 0 Å². The van der Waals surface area contributed by atoms with Crippen LogP contribution in [0.5, 0.6) is 0 Å². The van der Waals surface area contributed by atoms with Gasteiger partial charge >= 0.3 is 6.03 Å².